The van der Waals surface area contributed by atoms with Gasteiger partial charge in [0.25, 0.3) is 11.8 Å². The molecule has 0 saturated carbocycles. The van der Waals surface area contributed by atoms with Crippen molar-refractivity contribution in [2.75, 3.05) is 13.1 Å². The van der Waals surface area contributed by atoms with Gasteiger partial charge < -0.3 is 20.3 Å². The Morgan fingerprint density at radius 1 is 1.03 bits per heavy atom. The number of H-pyrrole nitrogens is 1. The van der Waals surface area contributed by atoms with Crippen molar-refractivity contribution in [1.29, 1.82) is 0 Å². The minimum Gasteiger partial charge on any atom is -0.508 e. The number of amides is 2. The van der Waals surface area contributed by atoms with Gasteiger partial charge in [-0.1, -0.05) is 11.6 Å². The van der Waals surface area contributed by atoms with Gasteiger partial charge in [-0.25, -0.2) is 4.98 Å². The van der Waals surface area contributed by atoms with E-state index in [1.807, 2.05) is 37.8 Å². The van der Waals surface area contributed by atoms with Gasteiger partial charge in [-0.05, 0) is 104 Å². The summed E-state index contributed by atoms with van der Waals surface area (Å²) in [6, 6.07) is 13.6. The maximum atomic E-state index is 13.5. The van der Waals surface area contributed by atoms with Crippen molar-refractivity contribution in [3.63, 3.8) is 0 Å². The van der Waals surface area contributed by atoms with Crippen molar-refractivity contribution >= 4 is 34.4 Å². The molecule has 1 saturated heterocycles. The number of aromatic amines is 1. The Labute approximate surface area is 226 Å². The number of carbonyl (C=O) groups is 2. The molecule has 0 bridgehead atoms. The van der Waals surface area contributed by atoms with Crippen LogP contribution in [0.25, 0.3) is 11.0 Å². The topological polar surface area (TPSA) is 98.3 Å². The van der Waals surface area contributed by atoms with Crippen LogP contribution in [0.3, 0.4) is 0 Å². The number of nitrogens with zero attached hydrogens (tertiary/aromatic N) is 2. The van der Waals surface area contributed by atoms with E-state index in [0.717, 1.165) is 59.2 Å². The third-order valence-electron chi connectivity index (χ3n) is 7.30. The van der Waals surface area contributed by atoms with Gasteiger partial charge >= 0.3 is 0 Å². The summed E-state index contributed by atoms with van der Waals surface area (Å²) in [5.41, 5.74) is 6.30. The molecule has 1 fully saturated rings. The van der Waals surface area contributed by atoms with Gasteiger partial charge in [-0.15, -0.1) is 0 Å². The van der Waals surface area contributed by atoms with Crippen LogP contribution in [0.1, 0.15) is 67.7 Å². The van der Waals surface area contributed by atoms with Gasteiger partial charge in [0.1, 0.15) is 11.6 Å². The number of nitrogens with one attached hydrogen (secondary N) is 2. The van der Waals surface area contributed by atoms with Gasteiger partial charge in [0, 0.05) is 35.7 Å². The van der Waals surface area contributed by atoms with Crippen molar-refractivity contribution < 1.29 is 14.7 Å². The Morgan fingerprint density at radius 3 is 2.42 bits per heavy atom. The summed E-state index contributed by atoms with van der Waals surface area (Å²) in [6.07, 6.45) is 2.53. The molecule has 1 atom stereocenters. The number of rotatable bonds is 6. The molecule has 1 unspecified atom stereocenters. The monoisotopic (exact) mass is 530 g/mol. The van der Waals surface area contributed by atoms with E-state index < -0.39 is 6.04 Å². The molecule has 7 nitrogen and oxygen atoms in total. The second-order valence-corrected chi connectivity index (χ2v) is 10.5. The molecule has 196 valence electrons. The molecule has 1 aliphatic heterocycles. The van der Waals surface area contributed by atoms with Crippen LogP contribution in [0.15, 0.2) is 48.5 Å². The predicted molar refractivity (Wildman–Crippen MR) is 149 cm³/mol. The highest BCUT2D eigenvalue weighted by Gasteiger charge is 2.24. The fourth-order valence-electron chi connectivity index (χ4n) is 5.26. The number of hydrogen-bond acceptors (Lipinski definition) is 4. The van der Waals surface area contributed by atoms with Crippen LogP contribution >= 0.6 is 11.6 Å². The SMILES string of the molecule is Cc1cc(C(=O)NC(Cc2c(C)cc(O)cc2C)c2nc3ccc(Cl)cc3[nH]2)ccc1C(=O)N1CCCC1. The smallest absolute Gasteiger partial charge is 0.254 e. The zero-order valence-corrected chi connectivity index (χ0v) is 22.5. The number of halogens is 1. The number of carbonyl (C=O) groups excluding carboxylic acids is 2. The fourth-order valence-corrected chi connectivity index (χ4v) is 5.43. The predicted octanol–water partition coefficient (Wildman–Crippen LogP) is 5.80. The van der Waals surface area contributed by atoms with Crippen molar-refractivity contribution in [2.45, 2.75) is 46.1 Å². The molecular weight excluding hydrogens is 500 g/mol. The van der Waals surface area contributed by atoms with Crippen molar-refractivity contribution in [1.82, 2.24) is 20.2 Å². The summed E-state index contributed by atoms with van der Waals surface area (Å²) < 4.78 is 0. The van der Waals surface area contributed by atoms with Crippen LogP contribution in [0.2, 0.25) is 5.02 Å². The molecule has 2 heterocycles. The first kappa shape index (κ1) is 25.8. The summed E-state index contributed by atoms with van der Waals surface area (Å²) in [6.45, 7) is 7.31. The lowest BCUT2D eigenvalue weighted by atomic mass is 9.95. The van der Waals surface area contributed by atoms with Crippen LogP contribution in [0, 0.1) is 20.8 Å². The van der Waals surface area contributed by atoms with Crippen LogP contribution in [-0.4, -0.2) is 44.9 Å². The highest BCUT2D eigenvalue weighted by Crippen LogP contribution is 2.28. The van der Waals surface area contributed by atoms with E-state index in [2.05, 4.69) is 10.3 Å². The zero-order chi connectivity index (χ0) is 27.0. The zero-order valence-electron chi connectivity index (χ0n) is 21.8. The first-order valence-corrected chi connectivity index (χ1v) is 13.2. The molecule has 0 spiro atoms. The van der Waals surface area contributed by atoms with Crippen molar-refractivity contribution in [3.8, 4) is 5.75 Å². The lowest BCUT2D eigenvalue weighted by molar-refractivity contribution is 0.0791. The summed E-state index contributed by atoms with van der Waals surface area (Å²) in [7, 11) is 0. The molecule has 0 aliphatic carbocycles. The third-order valence-corrected chi connectivity index (χ3v) is 7.53. The summed E-state index contributed by atoms with van der Waals surface area (Å²) in [5.74, 6) is 0.580. The lowest BCUT2D eigenvalue weighted by Gasteiger charge is -2.20. The van der Waals surface area contributed by atoms with Gasteiger partial charge in [-0.2, -0.15) is 0 Å². The van der Waals surface area contributed by atoms with E-state index in [1.165, 1.54) is 0 Å². The largest absolute Gasteiger partial charge is 0.508 e. The molecule has 38 heavy (non-hydrogen) atoms. The minimum atomic E-state index is -0.471. The quantitative estimate of drug-likeness (QED) is 0.293. The van der Waals surface area contributed by atoms with Crippen molar-refractivity contribution in [2.24, 2.45) is 0 Å². The molecule has 1 aromatic heterocycles. The average Bonchev–Trinajstić information content (AvgIpc) is 3.55. The van der Waals surface area contributed by atoms with Gasteiger partial charge in [0.15, 0.2) is 0 Å². The number of hydrogen-bond donors (Lipinski definition) is 3. The van der Waals surface area contributed by atoms with Crippen LogP contribution in [0.4, 0.5) is 0 Å². The Bertz CT molecular complexity index is 1520. The second-order valence-electron chi connectivity index (χ2n) is 10.1. The van der Waals surface area contributed by atoms with Crippen LogP contribution < -0.4 is 5.32 Å². The van der Waals surface area contributed by atoms with Gasteiger partial charge in [0.05, 0.1) is 17.1 Å². The number of phenolic OH excluding ortho intramolecular Hbond substituents is 1. The summed E-state index contributed by atoms with van der Waals surface area (Å²) >= 11 is 6.18. The van der Waals surface area contributed by atoms with E-state index in [0.29, 0.717) is 28.4 Å². The Morgan fingerprint density at radius 2 is 1.74 bits per heavy atom. The minimum absolute atomic E-state index is 0.0176. The highest BCUT2D eigenvalue weighted by atomic mass is 35.5. The Kier molecular flexibility index (Phi) is 7.13. The summed E-state index contributed by atoms with van der Waals surface area (Å²) in [5, 5.41) is 13.8. The van der Waals surface area contributed by atoms with E-state index >= 15 is 0 Å². The molecular formula is C30H31ClN4O3. The number of aromatic hydroxyl groups is 1. The third kappa shape index (κ3) is 5.24. The number of fused-ring (bicyclic) bond motifs is 1. The summed E-state index contributed by atoms with van der Waals surface area (Å²) in [4.78, 5) is 36.3. The van der Waals surface area contributed by atoms with E-state index in [-0.39, 0.29) is 17.6 Å². The highest BCUT2D eigenvalue weighted by molar-refractivity contribution is 6.31. The van der Waals surface area contributed by atoms with Crippen molar-refractivity contribution in [3.05, 3.63) is 92.8 Å². The first-order chi connectivity index (χ1) is 18.2. The Hall–Kier alpha value is -3.84. The molecule has 3 N–H and O–H groups in total. The van der Waals surface area contributed by atoms with E-state index in [1.54, 1.807) is 36.4 Å². The van der Waals surface area contributed by atoms with E-state index in [9.17, 15) is 14.7 Å². The van der Waals surface area contributed by atoms with Crippen LogP contribution in [-0.2, 0) is 6.42 Å². The number of aryl methyl sites for hydroxylation is 3. The second kappa shape index (κ2) is 10.5. The molecule has 5 rings (SSSR count). The number of aromatic nitrogens is 2. The van der Waals surface area contributed by atoms with Gasteiger partial charge in [-0.3, -0.25) is 9.59 Å². The first-order valence-electron chi connectivity index (χ1n) is 12.8. The number of imidazole rings is 1. The van der Waals surface area contributed by atoms with Crippen LogP contribution in [0.5, 0.6) is 5.75 Å². The Balaban J connectivity index is 1.45. The molecule has 4 aromatic rings. The maximum absolute atomic E-state index is 13.5. The maximum Gasteiger partial charge on any atom is 0.254 e. The molecule has 0 radical (unpaired) electrons. The number of likely N-dealkylation sites (tertiary alicyclic amines) is 1. The lowest BCUT2D eigenvalue weighted by Crippen LogP contribution is -2.31. The van der Waals surface area contributed by atoms with Gasteiger partial charge in [0.2, 0.25) is 0 Å². The van der Waals surface area contributed by atoms with E-state index in [4.69, 9.17) is 16.6 Å². The average molecular weight is 531 g/mol. The molecule has 1 aliphatic rings. The standard InChI is InChI=1S/C30H31ClN4O3/c1-17-12-20(6-8-23(17)30(38)35-10-4-5-11-35)29(37)34-27(16-24-18(2)13-22(36)14-19(24)3)28-32-25-9-7-21(31)15-26(25)33-28/h6-9,12-15,27,36H,4-5,10-11,16H2,1-3H3,(H,32,33)(H,34,37). The number of benzene rings is 3. The fraction of sp³-hybridized carbons (Fsp3) is 0.300. The normalized spacial score (nSPS) is 14.2. The number of phenols is 1. The molecule has 2 amide bonds. The molecule has 8 heteroatoms. The molecule has 3 aromatic carbocycles.